The van der Waals surface area contributed by atoms with E-state index in [0.717, 1.165) is 5.82 Å². The lowest BCUT2D eigenvalue weighted by Crippen LogP contribution is -2.50. The number of hydrogen-bond donors (Lipinski definition) is 1. The van der Waals surface area contributed by atoms with Gasteiger partial charge in [0.15, 0.2) is 0 Å². The molecule has 7 nitrogen and oxygen atoms in total. The fraction of sp³-hybridized carbons (Fsp3) is 0.389. The van der Waals surface area contributed by atoms with Gasteiger partial charge in [0.05, 0.1) is 6.61 Å². The lowest BCUT2D eigenvalue weighted by Gasteiger charge is -2.35. The van der Waals surface area contributed by atoms with Gasteiger partial charge < -0.3 is 19.9 Å². The van der Waals surface area contributed by atoms with Crippen molar-refractivity contribution in [3.05, 3.63) is 42.0 Å². The zero-order valence-electron chi connectivity index (χ0n) is 14.9. The number of nitrogens with zero attached hydrogens (tertiary/aromatic N) is 4. The molecule has 2 heterocycles. The monoisotopic (exact) mass is 359 g/mol. The van der Waals surface area contributed by atoms with Crippen molar-refractivity contribution in [3.63, 3.8) is 0 Å². The van der Waals surface area contributed by atoms with Gasteiger partial charge in [-0.3, -0.25) is 0 Å². The number of benzene rings is 1. The van der Waals surface area contributed by atoms with Crippen LogP contribution in [-0.4, -0.2) is 53.7 Å². The van der Waals surface area contributed by atoms with Gasteiger partial charge in [0, 0.05) is 37.9 Å². The second kappa shape index (κ2) is 7.99. The van der Waals surface area contributed by atoms with Crippen LogP contribution < -0.4 is 15.0 Å². The number of rotatable bonds is 4. The third-order valence-electron chi connectivity index (χ3n) is 4.06. The zero-order chi connectivity index (χ0) is 18.5. The number of anilines is 2. The average Bonchev–Trinajstić information content (AvgIpc) is 2.62. The molecule has 0 atom stereocenters. The minimum absolute atomic E-state index is 0.232. The van der Waals surface area contributed by atoms with Crippen LogP contribution in [-0.2, 0) is 0 Å². The van der Waals surface area contributed by atoms with Crippen molar-refractivity contribution in [3.8, 4) is 5.88 Å². The van der Waals surface area contributed by atoms with Gasteiger partial charge in [-0.15, -0.1) is 0 Å². The summed E-state index contributed by atoms with van der Waals surface area (Å²) in [5.74, 6) is 1.63. The molecule has 0 saturated carbocycles. The number of nitrogens with one attached hydrogen (secondary N) is 1. The molecule has 26 heavy (non-hydrogen) atoms. The summed E-state index contributed by atoms with van der Waals surface area (Å²) >= 11 is 0. The predicted molar refractivity (Wildman–Crippen MR) is 97.1 cm³/mol. The number of piperazine rings is 1. The molecule has 0 bridgehead atoms. The Balaban J connectivity index is 1.59. The van der Waals surface area contributed by atoms with E-state index in [-0.39, 0.29) is 11.8 Å². The first-order chi connectivity index (χ1) is 12.5. The number of aryl methyl sites for hydroxylation is 1. The molecule has 0 unspecified atom stereocenters. The number of carbonyl (C=O) groups excluding carboxylic acids is 1. The summed E-state index contributed by atoms with van der Waals surface area (Å²) in [5, 5.41) is 2.72. The van der Waals surface area contributed by atoms with Crippen molar-refractivity contribution in [1.29, 1.82) is 0 Å². The van der Waals surface area contributed by atoms with Crippen LogP contribution in [0.5, 0.6) is 5.88 Å². The molecular formula is C18H22FN5O2. The fourth-order valence-electron chi connectivity index (χ4n) is 2.82. The highest BCUT2D eigenvalue weighted by molar-refractivity contribution is 5.89. The quantitative estimate of drug-likeness (QED) is 0.909. The van der Waals surface area contributed by atoms with Crippen LogP contribution in [0.3, 0.4) is 0 Å². The van der Waals surface area contributed by atoms with Gasteiger partial charge in [-0.1, -0.05) is 6.07 Å². The SMILES string of the molecule is CCOc1cc(N2CCN(C(=O)Nc3cccc(F)c3)CC2)nc(C)n1. The molecule has 1 aromatic carbocycles. The van der Waals surface area contributed by atoms with Crippen LogP contribution in [0.4, 0.5) is 20.7 Å². The van der Waals surface area contributed by atoms with Crippen LogP contribution >= 0.6 is 0 Å². The molecule has 138 valence electrons. The Morgan fingerprint density at radius 3 is 2.69 bits per heavy atom. The van der Waals surface area contributed by atoms with Crippen LogP contribution in [0, 0.1) is 12.7 Å². The van der Waals surface area contributed by atoms with E-state index in [1.807, 2.05) is 19.9 Å². The van der Waals surface area contributed by atoms with E-state index in [2.05, 4.69) is 20.2 Å². The first-order valence-corrected chi connectivity index (χ1v) is 8.60. The molecule has 1 N–H and O–H groups in total. The smallest absolute Gasteiger partial charge is 0.321 e. The summed E-state index contributed by atoms with van der Waals surface area (Å²) in [5.41, 5.74) is 0.449. The Morgan fingerprint density at radius 2 is 2.00 bits per heavy atom. The van der Waals surface area contributed by atoms with Crippen LogP contribution in [0.2, 0.25) is 0 Å². The number of carbonyl (C=O) groups is 1. The van der Waals surface area contributed by atoms with Crippen molar-refractivity contribution in [2.75, 3.05) is 43.0 Å². The van der Waals surface area contributed by atoms with Crippen LogP contribution in [0.15, 0.2) is 30.3 Å². The van der Waals surface area contributed by atoms with E-state index in [9.17, 15) is 9.18 Å². The van der Waals surface area contributed by atoms with Gasteiger partial charge in [0.25, 0.3) is 0 Å². The first-order valence-electron chi connectivity index (χ1n) is 8.60. The maximum absolute atomic E-state index is 13.2. The lowest BCUT2D eigenvalue weighted by atomic mass is 10.3. The zero-order valence-corrected chi connectivity index (χ0v) is 14.9. The van der Waals surface area contributed by atoms with E-state index in [0.29, 0.717) is 50.2 Å². The van der Waals surface area contributed by atoms with E-state index in [1.165, 1.54) is 12.1 Å². The van der Waals surface area contributed by atoms with Crippen molar-refractivity contribution < 1.29 is 13.9 Å². The topological polar surface area (TPSA) is 70.6 Å². The highest BCUT2D eigenvalue weighted by atomic mass is 19.1. The van der Waals surface area contributed by atoms with Gasteiger partial charge in [-0.25, -0.2) is 14.2 Å². The van der Waals surface area contributed by atoms with E-state index in [4.69, 9.17) is 4.74 Å². The second-order valence-corrected chi connectivity index (χ2v) is 5.96. The number of amides is 2. The van der Waals surface area contributed by atoms with Crippen LogP contribution in [0.25, 0.3) is 0 Å². The molecule has 0 aliphatic carbocycles. The number of halogens is 1. The van der Waals surface area contributed by atoms with Gasteiger partial charge >= 0.3 is 6.03 Å². The van der Waals surface area contributed by atoms with Gasteiger partial charge in [-0.2, -0.15) is 4.98 Å². The third kappa shape index (κ3) is 4.38. The Hall–Kier alpha value is -2.90. The number of hydrogen-bond acceptors (Lipinski definition) is 5. The van der Waals surface area contributed by atoms with Crippen molar-refractivity contribution in [1.82, 2.24) is 14.9 Å². The number of ether oxygens (including phenoxy) is 1. The second-order valence-electron chi connectivity index (χ2n) is 5.96. The van der Waals surface area contributed by atoms with E-state index >= 15 is 0 Å². The largest absolute Gasteiger partial charge is 0.478 e. The predicted octanol–water partition coefficient (Wildman–Crippen LogP) is 2.68. The molecule has 1 aromatic heterocycles. The summed E-state index contributed by atoms with van der Waals surface area (Å²) in [7, 11) is 0. The first kappa shape index (κ1) is 17.9. The standard InChI is InChI=1S/C18H22FN5O2/c1-3-26-17-12-16(20-13(2)21-17)23-7-9-24(10-8-23)18(25)22-15-6-4-5-14(19)11-15/h4-6,11-12H,3,7-10H2,1-2H3,(H,22,25). The summed E-state index contributed by atoms with van der Waals surface area (Å²) in [4.78, 5) is 24.9. The van der Waals surface area contributed by atoms with Gasteiger partial charge in [0.1, 0.15) is 17.5 Å². The fourth-order valence-corrected chi connectivity index (χ4v) is 2.82. The molecule has 2 amide bonds. The normalized spacial score (nSPS) is 14.3. The molecule has 0 spiro atoms. The molecular weight excluding hydrogens is 337 g/mol. The van der Waals surface area contributed by atoms with Crippen molar-refractivity contribution in [2.45, 2.75) is 13.8 Å². The molecule has 1 aliphatic heterocycles. The number of urea groups is 1. The molecule has 2 aromatic rings. The molecule has 0 radical (unpaired) electrons. The number of aromatic nitrogens is 2. The Labute approximate surface area is 151 Å². The highest BCUT2D eigenvalue weighted by Crippen LogP contribution is 2.19. The van der Waals surface area contributed by atoms with Crippen molar-refractivity contribution in [2.24, 2.45) is 0 Å². The Kier molecular flexibility index (Phi) is 5.50. The summed E-state index contributed by atoms with van der Waals surface area (Å²) in [6.45, 7) is 6.69. The van der Waals surface area contributed by atoms with Crippen molar-refractivity contribution >= 4 is 17.5 Å². The maximum Gasteiger partial charge on any atom is 0.321 e. The van der Waals surface area contributed by atoms with Gasteiger partial charge in [-0.05, 0) is 32.0 Å². The summed E-state index contributed by atoms with van der Waals surface area (Å²) < 4.78 is 18.7. The highest BCUT2D eigenvalue weighted by Gasteiger charge is 2.22. The molecule has 1 aliphatic rings. The van der Waals surface area contributed by atoms with E-state index < -0.39 is 0 Å². The molecule has 8 heteroatoms. The van der Waals surface area contributed by atoms with Crippen LogP contribution in [0.1, 0.15) is 12.7 Å². The van der Waals surface area contributed by atoms with E-state index in [1.54, 1.807) is 17.0 Å². The Bertz CT molecular complexity index is 778. The average molecular weight is 359 g/mol. The minimum atomic E-state index is -0.378. The minimum Gasteiger partial charge on any atom is -0.478 e. The molecule has 3 rings (SSSR count). The molecule has 1 fully saturated rings. The summed E-state index contributed by atoms with van der Waals surface area (Å²) in [6.07, 6.45) is 0. The molecule has 1 saturated heterocycles. The Morgan fingerprint density at radius 1 is 1.23 bits per heavy atom. The lowest BCUT2D eigenvalue weighted by molar-refractivity contribution is 0.208. The van der Waals surface area contributed by atoms with Gasteiger partial charge in [0.2, 0.25) is 5.88 Å². The maximum atomic E-state index is 13.2. The third-order valence-corrected chi connectivity index (χ3v) is 4.06. The summed E-state index contributed by atoms with van der Waals surface area (Å²) in [6, 6.07) is 7.46.